The zero-order chi connectivity index (χ0) is 14.0. The highest BCUT2D eigenvalue weighted by molar-refractivity contribution is 6.02. The molecular weight excluding hydrogens is 254 g/mol. The molecule has 0 atom stereocenters. The molecule has 1 rings (SSSR count). The first kappa shape index (κ1) is 13.6. The first-order valence-corrected chi connectivity index (χ1v) is 4.45. The van der Waals surface area contributed by atoms with Crippen LogP contribution in [0.3, 0.4) is 0 Å². The Hall–Kier alpha value is -2.51. The van der Waals surface area contributed by atoms with Crippen LogP contribution in [0.5, 0.6) is 0 Å². The minimum atomic E-state index is -1.95. The highest BCUT2D eigenvalue weighted by Crippen LogP contribution is 2.22. The summed E-state index contributed by atoms with van der Waals surface area (Å²) in [4.78, 5) is 31.8. The van der Waals surface area contributed by atoms with Crippen LogP contribution in [0.4, 0.5) is 8.78 Å². The summed E-state index contributed by atoms with van der Waals surface area (Å²) in [6, 6.07) is 0.498. The van der Waals surface area contributed by atoms with Gasteiger partial charge < -0.3 is 15.3 Å². The van der Waals surface area contributed by atoms with Gasteiger partial charge in [0.05, 0.1) is 12.0 Å². The number of aliphatic carboxylic acids is 1. The molecule has 0 heterocycles. The number of hydrogen-bond donors (Lipinski definition) is 3. The van der Waals surface area contributed by atoms with E-state index in [0.29, 0.717) is 6.07 Å². The molecule has 0 saturated heterocycles. The molecule has 0 radical (unpaired) electrons. The van der Waals surface area contributed by atoms with Gasteiger partial charge in [0, 0.05) is 5.56 Å². The van der Waals surface area contributed by atoms with Crippen LogP contribution in [0.25, 0.3) is 0 Å². The molecule has 0 saturated carbocycles. The standard InChI is InChI=1S/C10H6F2O6/c11-7-3(2-5(13)14)1-4(9(15)16)6(8(7)12)10(17)18/h1H,2H2,(H,13,14)(H,15,16)(H,17,18). The average molecular weight is 260 g/mol. The summed E-state index contributed by atoms with van der Waals surface area (Å²) in [6.07, 6.45) is -0.955. The SMILES string of the molecule is O=C(O)Cc1cc(C(=O)O)c(C(=O)O)c(F)c1F. The Balaban J connectivity index is 3.58. The molecule has 96 valence electrons. The molecule has 8 heteroatoms. The minimum absolute atomic E-state index is 0.498. The average Bonchev–Trinajstić information content (AvgIpc) is 2.22. The lowest BCUT2D eigenvalue weighted by molar-refractivity contribution is -0.136. The monoisotopic (exact) mass is 260 g/mol. The van der Waals surface area contributed by atoms with Gasteiger partial charge in [0.25, 0.3) is 0 Å². The molecule has 0 unspecified atom stereocenters. The van der Waals surface area contributed by atoms with Crippen LogP contribution in [0.2, 0.25) is 0 Å². The lowest BCUT2D eigenvalue weighted by Gasteiger charge is -2.08. The topological polar surface area (TPSA) is 112 Å². The van der Waals surface area contributed by atoms with Crippen molar-refractivity contribution in [2.24, 2.45) is 0 Å². The Bertz CT molecular complexity index is 552. The fourth-order valence-electron chi connectivity index (χ4n) is 1.35. The Labute approximate surface area is 98.1 Å². The molecule has 3 N–H and O–H groups in total. The van der Waals surface area contributed by atoms with E-state index in [9.17, 15) is 23.2 Å². The third-order valence-electron chi connectivity index (χ3n) is 2.07. The van der Waals surface area contributed by atoms with Crippen LogP contribution in [-0.2, 0) is 11.2 Å². The van der Waals surface area contributed by atoms with E-state index >= 15 is 0 Å². The molecule has 1 aromatic rings. The van der Waals surface area contributed by atoms with Crippen LogP contribution in [-0.4, -0.2) is 33.2 Å². The van der Waals surface area contributed by atoms with Gasteiger partial charge >= 0.3 is 17.9 Å². The van der Waals surface area contributed by atoms with Gasteiger partial charge in [-0.2, -0.15) is 0 Å². The van der Waals surface area contributed by atoms with Crippen LogP contribution < -0.4 is 0 Å². The normalized spacial score (nSPS) is 10.1. The number of rotatable bonds is 4. The lowest BCUT2D eigenvalue weighted by Crippen LogP contribution is -2.15. The van der Waals surface area contributed by atoms with Crippen molar-refractivity contribution < 1.29 is 38.5 Å². The Morgan fingerprint density at radius 3 is 1.94 bits per heavy atom. The summed E-state index contributed by atoms with van der Waals surface area (Å²) in [5.74, 6) is -8.82. The summed E-state index contributed by atoms with van der Waals surface area (Å²) < 4.78 is 26.7. The van der Waals surface area contributed by atoms with Gasteiger partial charge in [0.15, 0.2) is 11.6 Å². The van der Waals surface area contributed by atoms with Crippen LogP contribution in [0.15, 0.2) is 6.07 Å². The predicted octanol–water partition coefficient (Wildman–Crippen LogP) is 0.988. The number of hydrogen-bond acceptors (Lipinski definition) is 3. The molecule has 0 aliphatic rings. The van der Waals surface area contributed by atoms with Crippen molar-refractivity contribution in [3.63, 3.8) is 0 Å². The summed E-state index contributed by atoms with van der Waals surface area (Å²) in [5.41, 5.74) is -3.07. The fourth-order valence-corrected chi connectivity index (χ4v) is 1.35. The Kier molecular flexibility index (Phi) is 3.60. The maximum atomic E-state index is 13.4. The molecule has 0 fully saturated rings. The van der Waals surface area contributed by atoms with Crippen LogP contribution >= 0.6 is 0 Å². The number of halogens is 2. The van der Waals surface area contributed by atoms with E-state index in [-0.39, 0.29) is 0 Å². The number of aromatic carboxylic acids is 2. The van der Waals surface area contributed by atoms with E-state index in [1.54, 1.807) is 0 Å². The summed E-state index contributed by atoms with van der Waals surface area (Å²) >= 11 is 0. The number of carbonyl (C=O) groups is 3. The van der Waals surface area contributed by atoms with E-state index in [2.05, 4.69) is 0 Å². The molecule has 0 bridgehead atoms. The highest BCUT2D eigenvalue weighted by atomic mass is 19.2. The van der Waals surface area contributed by atoms with Crippen molar-refractivity contribution in [3.8, 4) is 0 Å². The van der Waals surface area contributed by atoms with E-state index in [4.69, 9.17) is 15.3 Å². The largest absolute Gasteiger partial charge is 0.481 e. The van der Waals surface area contributed by atoms with E-state index in [1.165, 1.54) is 0 Å². The van der Waals surface area contributed by atoms with Gasteiger partial charge in [-0.05, 0) is 6.07 Å². The van der Waals surface area contributed by atoms with E-state index < -0.39 is 52.7 Å². The predicted molar refractivity (Wildman–Crippen MR) is 51.6 cm³/mol. The fraction of sp³-hybridized carbons (Fsp3) is 0.100. The Morgan fingerprint density at radius 2 is 1.56 bits per heavy atom. The second kappa shape index (κ2) is 4.78. The molecule has 0 spiro atoms. The van der Waals surface area contributed by atoms with Gasteiger partial charge in [-0.25, -0.2) is 18.4 Å². The molecule has 0 aromatic heterocycles. The molecule has 0 aliphatic heterocycles. The van der Waals surface area contributed by atoms with E-state index in [0.717, 1.165) is 0 Å². The molecule has 18 heavy (non-hydrogen) atoms. The van der Waals surface area contributed by atoms with Crippen molar-refractivity contribution >= 4 is 17.9 Å². The second-order valence-electron chi connectivity index (χ2n) is 3.27. The number of benzene rings is 1. The molecule has 6 nitrogen and oxygen atoms in total. The van der Waals surface area contributed by atoms with Gasteiger partial charge in [-0.15, -0.1) is 0 Å². The van der Waals surface area contributed by atoms with Crippen molar-refractivity contribution in [1.82, 2.24) is 0 Å². The minimum Gasteiger partial charge on any atom is -0.481 e. The van der Waals surface area contributed by atoms with Crippen molar-refractivity contribution in [2.45, 2.75) is 6.42 Å². The molecule has 1 aromatic carbocycles. The Morgan fingerprint density at radius 1 is 1.00 bits per heavy atom. The van der Waals surface area contributed by atoms with Crippen molar-refractivity contribution in [2.75, 3.05) is 0 Å². The van der Waals surface area contributed by atoms with Crippen LogP contribution in [0.1, 0.15) is 26.3 Å². The van der Waals surface area contributed by atoms with Gasteiger partial charge in [0.2, 0.25) is 0 Å². The first-order valence-electron chi connectivity index (χ1n) is 4.45. The molecule has 0 aliphatic carbocycles. The quantitative estimate of drug-likeness (QED) is 0.744. The number of carboxylic acids is 3. The lowest BCUT2D eigenvalue weighted by atomic mass is 10.0. The first-order chi connectivity index (χ1) is 8.25. The van der Waals surface area contributed by atoms with Gasteiger partial charge in [-0.3, -0.25) is 4.79 Å². The molecular formula is C10H6F2O6. The van der Waals surface area contributed by atoms with Crippen LogP contribution in [0, 0.1) is 11.6 Å². The zero-order valence-electron chi connectivity index (χ0n) is 8.61. The van der Waals surface area contributed by atoms with Gasteiger partial charge in [-0.1, -0.05) is 0 Å². The summed E-state index contributed by atoms with van der Waals surface area (Å²) in [6.45, 7) is 0. The zero-order valence-corrected chi connectivity index (χ0v) is 8.61. The third kappa shape index (κ3) is 2.42. The molecule has 0 amide bonds. The maximum Gasteiger partial charge on any atom is 0.339 e. The van der Waals surface area contributed by atoms with Crippen molar-refractivity contribution in [3.05, 3.63) is 34.4 Å². The summed E-state index contributed by atoms with van der Waals surface area (Å²) in [7, 11) is 0. The third-order valence-corrected chi connectivity index (χ3v) is 2.07. The van der Waals surface area contributed by atoms with Gasteiger partial charge in [0.1, 0.15) is 5.56 Å². The smallest absolute Gasteiger partial charge is 0.339 e. The maximum absolute atomic E-state index is 13.4. The van der Waals surface area contributed by atoms with Crippen molar-refractivity contribution in [1.29, 1.82) is 0 Å². The summed E-state index contributed by atoms with van der Waals surface area (Å²) in [5, 5.41) is 25.7. The highest BCUT2D eigenvalue weighted by Gasteiger charge is 2.27. The second-order valence-corrected chi connectivity index (χ2v) is 3.27. The number of carboxylic acid groups (broad SMARTS) is 3. The van der Waals surface area contributed by atoms with E-state index in [1.807, 2.05) is 0 Å².